The molecule has 1 aromatic carbocycles. The van der Waals surface area contributed by atoms with E-state index < -0.39 is 5.60 Å². The van der Waals surface area contributed by atoms with Gasteiger partial charge in [-0.3, -0.25) is 0 Å². The average molecular weight is 277 g/mol. The smallest absolute Gasteiger partial charge is 0.119 e. The van der Waals surface area contributed by atoms with E-state index in [9.17, 15) is 5.11 Å². The van der Waals surface area contributed by atoms with Crippen LogP contribution in [0, 0.1) is 5.92 Å². The molecular formula is C17H27NO2. The van der Waals surface area contributed by atoms with Crippen molar-refractivity contribution in [1.29, 1.82) is 0 Å². The third-order valence-corrected chi connectivity index (χ3v) is 4.68. The molecule has 0 spiro atoms. The first-order chi connectivity index (χ1) is 9.60. The van der Waals surface area contributed by atoms with Crippen molar-refractivity contribution in [2.24, 2.45) is 5.92 Å². The van der Waals surface area contributed by atoms with Crippen LogP contribution in [0.15, 0.2) is 24.3 Å². The van der Waals surface area contributed by atoms with Crippen LogP contribution < -0.4 is 4.74 Å². The van der Waals surface area contributed by atoms with Crippen molar-refractivity contribution in [1.82, 2.24) is 4.90 Å². The minimum Gasteiger partial charge on any atom is -0.497 e. The van der Waals surface area contributed by atoms with Crippen molar-refractivity contribution >= 4 is 0 Å². The molecule has 1 aliphatic rings. The maximum Gasteiger partial charge on any atom is 0.119 e. The number of hydrogen-bond acceptors (Lipinski definition) is 3. The predicted octanol–water partition coefficient (Wildman–Crippen LogP) is 3.02. The SMILES string of the molecule is CCN(C)CC1CCCCC1(O)c1cccc(OC)c1. The van der Waals surface area contributed by atoms with E-state index in [1.807, 2.05) is 24.3 Å². The Bertz CT molecular complexity index is 435. The molecule has 1 aliphatic carbocycles. The summed E-state index contributed by atoms with van der Waals surface area (Å²) in [5, 5.41) is 11.3. The van der Waals surface area contributed by atoms with Crippen LogP contribution in [0.2, 0.25) is 0 Å². The summed E-state index contributed by atoms with van der Waals surface area (Å²) in [5.74, 6) is 1.12. The van der Waals surface area contributed by atoms with Gasteiger partial charge in [0.25, 0.3) is 0 Å². The van der Waals surface area contributed by atoms with E-state index in [1.54, 1.807) is 7.11 Å². The summed E-state index contributed by atoms with van der Waals surface area (Å²) in [6.07, 6.45) is 4.26. The van der Waals surface area contributed by atoms with E-state index in [1.165, 1.54) is 6.42 Å². The van der Waals surface area contributed by atoms with Gasteiger partial charge >= 0.3 is 0 Å². The fourth-order valence-electron chi connectivity index (χ4n) is 3.25. The van der Waals surface area contributed by atoms with Crippen LogP contribution in [-0.4, -0.2) is 37.3 Å². The van der Waals surface area contributed by atoms with Crippen LogP contribution in [0.25, 0.3) is 0 Å². The lowest BCUT2D eigenvalue weighted by Crippen LogP contribution is -2.43. The van der Waals surface area contributed by atoms with Gasteiger partial charge in [0.15, 0.2) is 0 Å². The van der Waals surface area contributed by atoms with Gasteiger partial charge in [0.2, 0.25) is 0 Å². The van der Waals surface area contributed by atoms with E-state index in [0.717, 1.165) is 43.7 Å². The van der Waals surface area contributed by atoms with Crippen LogP contribution in [0.5, 0.6) is 5.75 Å². The summed E-state index contributed by atoms with van der Waals surface area (Å²) < 4.78 is 5.31. The molecule has 3 heteroatoms. The normalized spacial score (nSPS) is 26.8. The molecule has 0 aliphatic heterocycles. The third kappa shape index (κ3) is 3.15. The molecule has 1 N–H and O–H groups in total. The maximum atomic E-state index is 11.3. The zero-order valence-electron chi connectivity index (χ0n) is 12.9. The van der Waals surface area contributed by atoms with E-state index in [-0.39, 0.29) is 0 Å². The molecular weight excluding hydrogens is 250 g/mol. The Morgan fingerprint density at radius 2 is 2.20 bits per heavy atom. The number of aliphatic hydroxyl groups is 1. The average Bonchev–Trinajstić information content (AvgIpc) is 2.49. The predicted molar refractivity (Wildman–Crippen MR) is 82.0 cm³/mol. The zero-order chi connectivity index (χ0) is 14.6. The van der Waals surface area contributed by atoms with Crippen molar-refractivity contribution in [2.75, 3.05) is 27.2 Å². The van der Waals surface area contributed by atoms with Gasteiger partial charge < -0.3 is 14.7 Å². The summed E-state index contributed by atoms with van der Waals surface area (Å²) in [7, 11) is 3.80. The molecule has 112 valence electrons. The number of ether oxygens (including phenoxy) is 1. The lowest BCUT2D eigenvalue weighted by atomic mass is 9.71. The Balaban J connectivity index is 2.27. The highest BCUT2D eigenvalue weighted by molar-refractivity contribution is 5.33. The number of rotatable bonds is 5. The van der Waals surface area contributed by atoms with Gasteiger partial charge in [0.1, 0.15) is 5.75 Å². The molecule has 0 radical (unpaired) electrons. The van der Waals surface area contributed by atoms with E-state index in [2.05, 4.69) is 18.9 Å². The van der Waals surface area contributed by atoms with E-state index in [4.69, 9.17) is 4.74 Å². The van der Waals surface area contributed by atoms with Crippen LogP contribution in [-0.2, 0) is 5.60 Å². The quantitative estimate of drug-likeness (QED) is 0.898. The molecule has 1 saturated carbocycles. The summed E-state index contributed by atoms with van der Waals surface area (Å²) >= 11 is 0. The van der Waals surface area contributed by atoms with Crippen LogP contribution in [0.1, 0.15) is 38.2 Å². The summed E-state index contributed by atoms with van der Waals surface area (Å²) in [4.78, 5) is 2.29. The molecule has 1 aromatic rings. The molecule has 2 rings (SSSR count). The van der Waals surface area contributed by atoms with E-state index >= 15 is 0 Å². The molecule has 20 heavy (non-hydrogen) atoms. The highest BCUT2D eigenvalue weighted by Crippen LogP contribution is 2.42. The lowest BCUT2D eigenvalue weighted by Gasteiger charge is -2.42. The molecule has 0 amide bonds. The zero-order valence-corrected chi connectivity index (χ0v) is 12.9. The van der Waals surface area contributed by atoms with Gasteiger partial charge in [-0.1, -0.05) is 31.9 Å². The van der Waals surface area contributed by atoms with Gasteiger partial charge in [-0.25, -0.2) is 0 Å². The van der Waals surface area contributed by atoms with Crippen LogP contribution in [0.3, 0.4) is 0 Å². The summed E-state index contributed by atoms with van der Waals surface area (Å²) in [6, 6.07) is 7.93. The fraction of sp³-hybridized carbons (Fsp3) is 0.647. The van der Waals surface area contributed by atoms with Crippen molar-refractivity contribution in [3.05, 3.63) is 29.8 Å². The highest BCUT2D eigenvalue weighted by atomic mass is 16.5. The maximum absolute atomic E-state index is 11.3. The van der Waals surface area contributed by atoms with Crippen molar-refractivity contribution in [2.45, 2.75) is 38.2 Å². The standard InChI is InChI=1S/C17H27NO2/c1-4-18(2)13-15-8-5-6-11-17(15,19)14-9-7-10-16(12-14)20-3/h7,9-10,12,15,19H,4-6,8,11,13H2,1-3H3. The van der Waals surface area contributed by atoms with Crippen molar-refractivity contribution < 1.29 is 9.84 Å². The first-order valence-electron chi connectivity index (χ1n) is 7.65. The Hall–Kier alpha value is -1.06. The molecule has 1 fully saturated rings. The minimum atomic E-state index is -0.712. The van der Waals surface area contributed by atoms with Crippen LogP contribution in [0.4, 0.5) is 0 Å². The van der Waals surface area contributed by atoms with E-state index in [0.29, 0.717) is 5.92 Å². The number of benzene rings is 1. The molecule has 2 atom stereocenters. The largest absolute Gasteiger partial charge is 0.497 e. The Morgan fingerprint density at radius 3 is 2.90 bits per heavy atom. The summed E-state index contributed by atoms with van der Waals surface area (Å²) in [5.41, 5.74) is 0.294. The monoisotopic (exact) mass is 277 g/mol. The molecule has 0 saturated heterocycles. The van der Waals surface area contributed by atoms with Gasteiger partial charge in [-0.05, 0) is 44.1 Å². The number of hydrogen-bond donors (Lipinski definition) is 1. The van der Waals surface area contributed by atoms with Gasteiger partial charge in [-0.15, -0.1) is 0 Å². The van der Waals surface area contributed by atoms with Crippen molar-refractivity contribution in [3.63, 3.8) is 0 Å². The Kier molecular flexibility index (Phi) is 5.06. The van der Waals surface area contributed by atoms with Crippen molar-refractivity contribution in [3.8, 4) is 5.75 Å². The second-order valence-electron chi connectivity index (χ2n) is 5.95. The Morgan fingerprint density at radius 1 is 1.40 bits per heavy atom. The third-order valence-electron chi connectivity index (χ3n) is 4.68. The Labute approximate surface area is 122 Å². The first-order valence-corrected chi connectivity index (χ1v) is 7.65. The number of nitrogens with zero attached hydrogens (tertiary/aromatic N) is 1. The van der Waals surface area contributed by atoms with Gasteiger partial charge in [0, 0.05) is 12.5 Å². The van der Waals surface area contributed by atoms with Gasteiger partial charge in [0.05, 0.1) is 12.7 Å². The lowest BCUT2D eigenvalue weighted by molar-refractivity contribution is -0.0633. The fourth-order valence-corrected chi connectivity index (χ4v) is 3.25. The molecule has 0 bridgehead atoms. The molecule has 2 unspecified atom stereocenters. The molecule has 0 aromatic heterocycles. The molecule has 0 heterocycles. The molecule has 3 nitrogen and oxygen atoms in total. The highest BCUT2D eigenvalue weighted by Gasteiger charge is 2.40. The van der Waals surface area contributed by atoms with Crippen LogP contribution >= 0.6 is 0 Å². The second-order valence-corrected chi connectivity index (χ2v) is 5.95. The number of methoxy groups -OCH3 is 1. The first kappa shape index (κ1) is 15.3. The second kappa shape index (κ2) is 6.59. The topological polar surface area (TPSA) is 32.7 Å². The summed E-state index contributed by atoms with van der Waals surface area (Å²) in [6.45, 7) is 4.13. The minimum absolute atomic E-state index is 0.299. The van der Waals surface area contributed by atoms with Gasteiger partial charge in [-0.2, -0.15) is 0 Å².